The number of hydrogen-bond acceptors (Lipinski definition) is 3. The number of nitrogens with two attached hydrogens (primary N) is 1. The molecule has 0 amide bonds. The maximum absolute atomic E-state index is 5.91. The molecule has 2 nitrogen and oxygen atoms in total. The van der Waals surface area contributed by atoms with Gasteiger partial charge in [0.2, 0.25) is 0 Å². The Labute approximate surface area is 104 Å². The van der Waals surface area contributed by atoms with Crippen LogP contribution < -0.4 is 5.73 Å². The lowest BCUT2D eigenvalue weighted by molar-refractivity contribution is 1.02. The molecule has 2 aromatic rings. The van der Waals surface area contributed by atoms with Crippen LogP contribution in [0.3, 0.4) is 0 Å². The van der Waals surface area contributed by atoms with E-state index in [1.807, 2.05) is 36.4 Å². The Kier molecular flexibility index (Phi) is 3.83. The fourth-order valence-corrected chi connectivity index (χ4v) is 2.47. The Morgan fingerprint density at radius 1 is 1.19 bits per heavy atom. The van der Waals surface area contributed by atoms with Gasteiger partial charge in [-0.1, -0.05) is 41.6 Å². The SMILES string of the molecule is NCc1cc(Cl)nc(Sc2ccccc2)c1. The van der Waals surface area contributed by atoms with Crippen LogP contribution in [0.15, 0.2) is 52.4 Å². The van der Waals surface area contributed by atoms with E-state index in [-0.39, 0.29) is 0 Å². The highest BCUT2D eigenvalue weighted by Crippen LogP contribution is 2.27. The van der Waals surface area contributed by atoms with E-state index in [1.54, 1.807) is 17.8 Å². The fraction of sp³-hybridized carbons (Fsp3) is 0.0833. The van der Waals surface area contributed by atoms with Crippen LogP contribution in [0.25, 0.3) is 0 Å². The predicted octanol–water partition coefficient (Wildman–Crippen LogP) is 3.34. The van der Waals surface area contributed by atoms with E-state index in [2.05, 4.69) is 4.98 Å². The molecule has 1 aromatic heterocycles. The molecule has 1 aromatic carbocycles. The van der Waals surface area contributed by atoms with Crippen molar-refractivity contribution in [3.63, 3.8) is 0 Å². The third-order valence-corrected chi connectivity index (χ3v) is 3.15. The van der Waals surface area contributed by atoms with Crippen LogP contribution in [0.1, 0.15) is 5.56 Å². The van der Waals surface area contributed by atoms with Crippen molar-refractivity contribution in [2.75, 3.05) is 0 Å². The van der Waals surface area contributed by atoms with Crippen molar-refractivity contribution < 1.29 is 0 Å². The van der Waals surface area contributed by atoms with Crippen LogP contribution in [0.4, 0.5) is 0 Å². The van der Waals surface area contributed by atoms with Crippen LogP contribution >= 0.6 is 23.4 Å². The Balaban J connectivity index is 2.24. The van der Waals surface area contributed by atoms with E-state index in [4.69, 9.17) is 17.3 Å². The summed E-state index contributed by atoms with van der Waals surface area (Å²) in [5.41, 5.74) is 6.58. The molecule has 16 heavy (non-hydrogen) atoms. The third kappa shape index (κ3) is 2.98. The number of benzene rings is 1. The van der Waals surface area contributed by atoms with Crippen LogP contribution in [0, 0.1) is 0 Å². The molecule has 0 bridgehead atoms. The van der Waals surface area contributed by atoms with Crippen molar-refractivity contribution in [1.82, 2.24) is 4.98 Å². The molecular weight excluding hydrogens is 240 g/mol. The summed E-state index contributed by atoms with van der Waals surface area (Å²) >= 11 is 7.50. The summed E-state index contributed by atoms with van der Waals surface area (Å²) in [4.78, 5) is 5.39. The van der Waals surface area contributed by atoms with E-state index >= 15 is 0 Å². The quantitative estimate of drug-likeness (QED) is 0.850. The number of halogens is 1. The molecular formula is C12H11ClN2S. The highest BCUT2D eigenvalue weighted by Gasteiger charge is 2.02. The zero-order chi connectivity index (χ0) is 11.4. The van der Waals surface area contributed by atoms with Gasteiger partial charge < -0.3 is 5.73 Å². The molecule has 4 heteroatoms. The highest BCUT2D eigenvalue weighted by molar-refractivity contribution is 7.99. The zero-order valence-electron chi connectivity index (χ0n) is 8.56. The molecule has 0 aliphatic rings. The Morgan fingerprint density at radius 3 is 2.62 bits per heavy atom. The number of aromatic nitrogens is 1. The summed E-state index contributed by atoms with van der Waals surface area (Å²) < 4.78 is 0. The summed E-state index contributed by atoms with van der Waals surface area (Å²) in [5.74, 6) is 0. The van der Waals surface area contributed by atoms with Gasteiger partial charge in [-0.15, -0.1) is 0 Å². The first kappa shape index (κ1) is 11.5. The first-order valence-electron chi connectivity index (χ1n) is 4.87. The highest BCUT2D eigenvalue weighted by atomic mass is 35.5. The Bertz CT molecular complexity index is 474. The lowest BCUT2D eigenvalue weighted by Crippen LogP contribution is -1.97. The number of nitrogens with zero attached hydrogens (tertiary/aromatic N) is 1. The van der Waals surface area contributed by atoms with Gasteiger partial charge in [0.15, 0.2) is 0 Å². The molecule has 2 N–H and O–H groups in total. The maximum atomic E-state index is 5.91. The first-order chi connectivity index (χ1) is 7.78. The average molecular weight is 251 g/mol. The molecule has 1 heterocycles. The monoisotopic (exact) mass is 250 g/mol. The first-order valence-corrected chi connectivity index (χ1v) is 6.07. The molecule has 82 valence electrons. The van der Waals surface area contributed by atoms with Crippen molar-refractivity contribution in [2.45, 2.75) is 16.5 Å². The second-order valence-electron chi connectivity index (χ2n) is 3.26. The lowest BCUT2D eigenvalue weighted by Gasteiger charge is -2.03. The molecule has 0 fully saturated rings. The maximum Gasteiger partial charge on any atom is 0.130 e. The summed E-state index contributed by atoms with van der Waals surface area (Å²) in [7, 11) is 0. The van der Waals surface area contributed by atoms with E-state index in [0.717, 1.165) is 15.5 Å². The van der Waals surface area contributed by atoms with Gasteiger partial charge in [-0.2, -0.15) is 0 Å². The Morgan fingerprint density at radius 2 is 1.94 bits per heavy atom. The second kappa shape index (κ2) is 5.34. The van der Waals surface area contributed by atoms with E-state index < -0.39 is 0 Å². The van der Waals surface area contributed by atoms with Crippen molar-refractivity contribution in [3.8, 4) is 0 Å². The van der Waals surface area contributed by atoms with Crippen LogP contribution in [0.5, 0.6) is 0 Å². The summed E-state index contributed by atoms with van der Waals surface area (Å²) in [6, 6.07) is 13.8. The number of pyridine rings is 1. The van der Waals surface area contributed by atoms with Gasteiger partial charge in [0, 0.05) is 11.4 Å². The van der Waals surface area contributed by atoms with Gasteiger partial charge in [0.25, 0.3) is 0 Å². The minimum atomic E-state index is 0.477. The van der Waals surface area contributed by atoms with Gasteiger partial charge >= 0.3 is 0 Å². The molecule has 0 aliphatic heterocycles. The summed E-state index contributed by atoms with van der Waals surface area (Å²) in [5, 5.41) is 1.36. The standard InChI is InChI=1S/C12H11ClN2S/c13-11-6-9(8-14)7-12(15-11)16-10-4-2-1-3-5-10/h1-7H,8,14H2. The minimum absolute atomic E-state index is 0.477. The smallest absolute Gasteiger partial charge is 0.130 e. The van der Waals surface area contributed by atoms with Crippen molar-refractivity contribution >= 4 is 23.4 Å². The van der Waals surface area contributed by atoms with Crippen molar-refractivity contribution in [3.05, 3.63) is 53.2 Å². The predicted molar refractivity (Wildman–Crippen MR) is 67.7 cm³/mol. The topological polar surface area (TPSA) is 38.9 Å². The number of rotatable bonds is 3. The molecule has 0 spiro atoms. The van der Waals surface area contributed by atoms with Crippen molar-refractivity contribution in [1.29, 1.82) is 0 Å². The zero-order valence-corrected chi connectivity index (χ0v) is 10.1. The van der Waals surface area contributed by atoms with Crippen LogP contribution in [-0.2, 0) is 6.54 Å². The van der Waals surface area contributed by atoms with E-state index in [1.165, 1.54) is 0 Å². The molecule has 2 rings (SSSR count). The van der Waals surface area contributed by atoms with Crippen molar-refractivity contribution in [2.24, 2.45) is 5.73 Å². The molecule has 0 unspecified atom stereocenters. The molecule has 0 atom stereocenters. The Hall–Kier alpha value is -1.03. The van der Waals surface area contributed by atoms with Gasteiger partial charge in [0.1, 0.15) is 10.2 Å². The molecule has 0 radical (unpaired) electrons. The van der Waals surface area contributed by atoms with Crippen LogP contribution in [-0.4, -0.2) is 4.98 Å². The second-order valence-corrected chi connectivity index (χ2v) is 4.74. The minimum Gasteiger partial charge on any atom is -0.326 e. The summed E-state index contributed by atoms with van der Waals surface area (Å²) in [6.07, 6.45) is 0. The molecule has 0 saturated heterocycles. The largest absolute Gasteiger partial charge is 0.326 e. The van der Waals surface area contributed by atoms with E-state index in [0.29, 0.717) is 11.7 Å². The number of hydrogen-bond donors (Lipinski definition) is 1. The van der Waals surface area contributed by atoms with E-state index in [9.17, 15) is 0 Å². The fourth-order valence-electron chi connectivity index (χ4n) is 1.30. The third-order valence-electron chi connectivity index (χ3n) is 2.03. The molecule has 0 saturated carbocycles. The summed E-state index contributed by atoms with van der Waals surface area (Å²) in [6.45, 7) is 0.477. The van der Waals surface area contributed by atoms with Gasteiger partial charge in [-0.3, -0.25) is 0 Å². The van der Waals surface area contributed by atoms with Gasteiger partial charge in [-0.05, 0) is 29.8 Å². The average Bonchev–Trinajstić information content (AvgIpc) is 2.29. The van der Waals surface area contributed by atoms with Gasteiger partial charge in [-0.25, -0.2) is 4.98 Å². The molecule has 0 aliphatic carbocycles. The normalized spacial score (nSPS) is 10.4. The van der Waals surface area contributed by atoms with Gasteiger partial charge in [0.05, 0.1) is 0 Å². The lowest BCUT2D eigenvalue weighted by atomic mass is 10.3. The van der Waals surface area contributed by atoms with Crippen LogP contribution in [0.2, 0.25) is 5.15 Å².